The van der Waals surface area contributed by atoms with E-state index in [0.717, 1.165) is 12.2 Å². The number of rotatable bonds is 6. The SMILES string of the molecule is CCCOc1nc(NCc2ccco2)ccc1N. The summed E-state index contributed by atoms with van der Waals surface area (Å²) in [4.78, 5) is 4.31. The molecule has 5 heteroatoms. The molecule has 2 rings (SSSR count). The van der Waals surface area contributed by atoms with Crippen LogP contribution in [0.5, 0.6) is 5.88 Å². The van der Waals surface area contributed by atoms with Gasteiger partial charge in [0.15, 0.2) is 0 Å². The maximum absolute atomic E-state index is 5.79. The van der Waals surface area contributed by atoms with Crippen molar-refractivity contribution in [1.29, 1.82) is 0 Å². The first-order valence-electron chi connectivity index (χ1n) is 5.95. The third-order valence-corrected chi connectivity index (χ3v) is 2.36. The highest BCUT2D eigenvalue weighted by molar-refractivity contribution is 5.53. The molecule has 0 radical (unpaired) electrons. The number of furan rings is 1. The van der Waals surface area contributed by atoms with Crippen molar-refractivity contribution in [3.63, 3.8) is 0 Å². The Kier molecular flexibility index (Phi) is 4.06. The van der Waals surface area contributed by atoms with Crippen LogP contribution < -0.4 is 15.8 Å². The standard InChI is InChI=1S/C13H17N3O2/c1-2-7-18-13-11(14)5-6-12(16-13)15-9-10-4-3-8-17-10/h3-6,8H,2,7,9,14H2,1H3,(H,15,16). The van der Waals surface area contributed by atoms with Gasteiger partial charge in [0.1, 0.15) is 11.6 Å². The molecule has 0 aromatic carbocycles. The summed E-state index contributed by atoms with van der Waals surface area (Å²) in [6.07, 6.45) is 2.56. The third-order valence-electron chi connectivity index (χ3n) is 2.36. The normalized spacial score (nSPS) is 10.3. The van der Waals surface area contributed by atoms with Crippen LogP contribution in [0.15, 0.2) is 34.9 Å². The first-order valence-corrected chi connectivity index (χ1v) is 5.95. The summed E-state index contributed by atoms with van der Waals surface area (Å²) in [6, 6.07) is 7.35. The zero-order valence-corrected chi connectivity index (χ0v) is 10.3. The van der Waals surface area contributed by atoms with Crippen molar-refractivity contribution < 1.29 is 9.15 Å². The largest absolute Gasteiger partial charge is 0.476 e. The molecule has 96 valence electrons. The van der Waals surface area contributed by atoms with Crippen molar-refractivity contribution in [1.82, 2.24) is 4.98 Å². The predicted molar refractivity (Wildman–Crippen MR) is 70.5 cm³/mol. The molecular weight excluding hydrogens is 230 g/mol. The molecule has 0 fully saturated rings. The number of hydrogen-bond acceptors (Lipinski definition) is 5. The van der Waals surface area contributed by atoms with Gasteiger partial charge in [-0.15, -0.1) is 0 Å². The van der Waals surface area contributed by atoms with Crippen molar-refractivity contribution in [2.75, 3.05) is 17.7 Å². The fourth-order valence-corrected chi connectivity index (χ4v) is 1.45. The summed E-state index contributed by atoms with van der Waals surface area (Å²) < 4.78 is 10.7. The topological polar surface area (TPSA) is 73.3 Å². The number of nitrogens with two attached hydrogens (primary N) is 1. The lowest BCUT2D eigenvalue weighted by atomic mass is 10.4. The molecule has 0 unspecified atom stereocenters. The molecule has 0 atom stereocenters. The van der Waals surface area contributed by atoms with Crippen LogP contribution in [-0.2, 0) is 6.54 Å². The van der Waals surface area contributed by atoms with Gasteiger partial charge in [-0.2, -0.15) is 4.98 Å². The Morgan fingerprint density at radius 2 is 2.28 bits per heavy atom. The zero-order valence-electron chi connectivity index (χ0n) is 10.3. The molecule has 0 aliphatic carbocycles. The molecular formula is C13H17N3O2. The molecule has 2 aromatic heterocycles. The van der Waals surface area contributed by atoms with E-state index >= 15 is 0 Å². The first kappa shape index (κ1) is 12.3. The highest BCUT2D eigenvalue weighted by Crippen LogP contribution is 2.21. The highest BCUT2D eigenvalue weighted by Gasteiger charge is 2.04. The van der Waals surface area contributed by atoms with Crippen molar-refractivity contribution in [2.24, 2.45) is 0 Å². The Bertz CT molecular complexity index is 483. The second-order valence-corrected chi connectivity index (χ2v) is 3.87. The summed E-state index contributed by atoms with van der Waals surface area (Å²) >= 11 is 0. The number of anilines is 2. The van der Waals surface area contributed by atoms with Gasteiger partial charge in [0, 0.05) is 0 Å². The van der Waals surface area contributed by atoms with Gasteiger partial charge >= 0.3 is 0 Å². The van der Waals surface area contributed by atoms with Gasteiger partial charge in [-0.25, -0.2) is 0 Å². The van der Waals surface area contributed by atoms with Crippen LogP contribution in [0.1, 0.15) is 19.1 Å². The molecule has 5 nitrogen and oxygen atoms in total. The number of nitrogens with one attached hydrogen (secondary N) is 1. The van der Waals surface area contributed by atoms with E-state index < -0.39 is 0 Å². The fraction of sp³-hybridized carbons (Fsp3) is 0.308. The minimum absolute atomic E-state index is 0.473. The summed E-state index contributed by atoms with van der Waals surface area (Å²) in [6.45, 7) is 3.23. The zero-order chi connectivity index (χ0) is 12.8. The van der Waals surface area contributed by atoms with Gasteiger partial charge in [0.25, 0.3) is 0 Å². The average molecular weight is 247 g/mol. The molecule has 0 spiro atoms. The van der Waals surface area contributed by atoms with Crippen LogP contribution >= 0.6 is 0 Å². The Morgan fingerprint density at radius 3 is 3.00 bits per heavy atom. The van der Waals surface area contributed by atoms with Gasteiger partial charge in [0.05, 0.1) is 25.1 Å². The third kappa shape index (κ3) is 3.16. The summed E-state index contributed by atoms with van der Waals surface area (Å²) in [5.41, 5.74) is 6.34. The van der Waals surface area contributed by atoms with E-state index in [4.69, 9.17) is 14.9 Å². The first-order chi connectivity index (χ1) is 8.79. The van der Waals surface area contributed by atoms with E-state index in [-0.39, 0.29) is 0 Å². The van der Waals surface area contributed by atoms with E-state index in [0.29, 0.717) is 30.5 Å². The summed E-state index contributed by atoms with van der Waals surface area (Å²) in [7, 11) is 0. The maximum Gasteiger partial charge on any atom is 0.239 e. The van der Waals surface area contributed by atoms with E-state index in [9.17, 15) is 0 Å². The molecule has 0 saturated heterocycles. The Balaban J connectivity index is 2.00. The lowest BCUT2D eigenvalue weighted by Crippen LogP contribution is -2.05. The molecule has 2 heterocycles. The van der Waals surface area contributed by atoms with Crippen molar-refractivity contribution in [3.05, 3.63) is 36.3 Å². The van der Waals surface area contributed by atoms with Crippen molar-refractivity contribution >= 4 is 11.5 Å². The number of ether oxygens (including phenoxy) is 1. The van der Waals surface area contributed by atoms with Crippen LogP contribution in [0.25, 0.3) is 0 Å². The Morgan fingerprint density at radius 1 is 1.39 bits per heavy atom. The summed E-state index contributed by atoms with van der Waals surface area (Å²) in [5, 5.41) is 3.15. The molecule has 0 saturated carbocycles. The van der Waals surface area contributed by atoms with Crippen LogP contribution in [0.2, 0.25) is 0 Å². The van der Waals surface area contributed by atoms with Gasteiger partial charge < -0.3 is 20.2 Å². The predicted octanol–water partition coefficient (Wildman–Crippen LogP) is 2.66. The van der Waals surface area contributed by atoms with E-state index in [1.54, 1.807) is 12.3 Å². The molecule has 0 aliphatic heterocycles. The monoisotopic (exact) mass is 247 g/mol. The maximum atomic E-state index is 5.79. The Hall–Kier alpha value is -2.17. The smallest absolute Gasteiger partial charge is 0.239 e. The van der Waals surface area contributed by atoms with Gasteiger partial charge in [-0.05, 0) is 30.7 Å². The lowest BCUT2D eigenvalue weighted by molar-refractivity contribution is 0.307. The second kappa shape index (κ2) is 5.95. The van der Waals surface area contributed by atoms with Gasteiger partial charge in [-0.3, -0.25) is 0 Å². The average Bonchev–Trinajstić information content (AvgIpc) is 2.89. The van der Waals surface area contributed by atoms with Gasteiger partial charge in [-0.1, -0.05) is 6.92 Å². The molecule has 0 aliphatic rings. The minimum Gasteiger partial charge on any atom is -0.476 e. The molecule has 18 heavy (non-hydrogen) atoms. The number of nitrogens with zero attached hydrogens (tertiary/aromatic N) is 1. The van der Waals surface area contributed by atoms with E-state index in [1.165, 1.54) is 0 Å². The molecule has 2 aromatic rings. The molecule has 3 N–H and O–H groups in total. The van der Waals surface area contributed by atoms with Crippen LogP contribution in [0.3, 0.4) is 0 Å². The van der Waals surface area contributed by atoms with Crippen molar-refractivity contribution in [2.45, 2.75) is 19.9 Å². The summed E-state index contributed by atoms with van der Waals surface area (Å²) in [5.74, 6) is 2.04. The fourth-order valence-electron chi connectivity index (χ4n) is 1.45. The van der Waals surface area contributed by atoms with Crippen LogP contribution in [-0.4, -0.2) is 11.6 Å². The Labute approximate surface area is 106 Å². The van der Waals surface area contributed by atoms with Crippen LogP contribution in [0.4, 0.5) is 11.5 Å². The number of pyridine rings is 1. The number of aromatic nitrogens is 1. The minimum atomic E-state index is 0.473. The number of hydrogen-bond donors (Lipinski definition) is 2. The second-order valence-electron chi connectivity index (χ2n) is 3.87. The quantitative estimate of drug-likeness (QED) is 0.821. The van der Waals surface area contributed by atoms with E-state index in [1.807, 2.05) is 25.1 Å². The molecule has 0 bridgehead atoms. The van der Waals surface area contributed by atoms with Gasteiger partial charge in [0.2, 0.25) is 5.88 Å². The lowest BCUT2D eigenvalue weighted by Gasteiger charge is -2.09. The highest BCUT2D eigenvalue weighted by atomic mass is 16.5. The van der Waals surface area contributed by atoms with E-state index in [2.05, 4.69) is 10.3 Å². The molecule has 0 amide bonds. The van der Waals surface area contributed by atoms with Crippen molar-refractivity contribution in [3.8, 4) is 5.88 Å². The van der Waals surface area contributed by atoms with Crippen LogP contribution in [0, 0.1) is 0 Å². The number of nitrogen functional groups attached to an aromatic ring is 1.